The fourth-order valence-corrected chi connectivity index (χ4v) is 3.47. The number of hydrogen-bond acceptors (Lipinski definition) is 5. The van der Waals surface area contributed by atoms with Gasteiger partial charge in [-0.3, -0.25) is 4.79 Å². The van der Waals surface area contributed by atoms with Crippen molar-refractivity contribution in [1.29, 1.82) is 0 Å². The van der Waals surface area contributed by atoms with E-state index in [0.29, 0.717) is 11.9 Å². The van der Waals surface area contributed by atoms with E-state index in [1.54, 1.807) is 17.9 Å². The average Bonchev–Trinajstić information content (AvgIpc) is 3.30. The Balaban J connectivity index is 1.72. The highest BCUT2D eigenvalue weighted by atomic mass is 16.5. The lowest BCUT2D eigenvalue weighted by Crippen LogP contribution is -2.20. The molecule has 0 unspecified atom stereocenters. The Kier molecular flexibility index (Phi) is 3.57. The van der Waals surface area contributed by atoms with E-state index < -0.39 is 0 Å². The molecule has 1 amide bonds. The van der Waals surface area contributed by atoms with Crippen molar-refractivity contribution in [2.75, 3.05) is 7.05 Å². The normalized spacial score (nSPS) is 25.7. The predicted molar refractivity (Wildman–Crippen MR) is 82.2 cm³/mol. The summed E-state index contributed by atoms with van der Waals surface area (Å²) in [6, 6.07) is 5.69. The molecule has 4 rings (SSSR count). The van der Waals surface area contributed by atoms with E-state index >= 15 is 0 Å². The minimum Gasteiger partial charge on any atom is -0.374 e. The van der Waals surface area contributed by atoms with Crippen LogP contribution in [-0.2, 0) is 16.0 Å². The number of fused-ring (bicyclic) bond motifs is 2. The molecule has 3 atom stereocenters. The van der Waals surface area contributed by atoms with Crippen LogP contribution in [-0.4, -0.2) is 44.9 Å². The summed E-state index contributed by atoms with van der Waals surface area (Å²) in [4.78, 5) is 20.7. The lowest BCUT2D eigenvalue weighted by Gasteiger charge is -2.18. The van der Waals surface area contributed by atoms with Crippen LogP contribution in [0.2, 0.25) is 0 Å². The monoisotopic (exact) mass is 313 g/mol. The zero-order chi connectivity index (χ0) is 15.8. The number of nitrogens with one attached hydrogen (secondary N) is 1. The molecule has 0 aromatic carbocycles. The summed E-state index contributed by atoms with van der Waals surface area (Å²) in [5.74, 6) is 2.23. The third-order valence-corrected chi connectivity index (χ3v) is 4.58. The van der Waals surface area contributed by atoms with Gasteiger partial charge in [-0.05, 0) is 31.4 Å². The van der Waals surface area contributed by atoms with E-state index in [9.17, 15) is 4.79 Å². The van der Waals surface area contributed by atoms with Crippen molar-refractivity contribution >= 4 is 5.91 Å². The fraction of sp³-hybridized carbons (Fsp3) is 0.500. The highest BCUT2D eigenvalue weighted by molar-refractivity contribution is 5.77. The van der Waals surface area contributed by atoms with E-state index in [0.717, 1.165) is 30.9 Å². The van der Waals surface area contributed by atoms with Crippen LogP contribution in [0.25, 0.3) is 5.82 Å². The molecule has 1 N–H and O–H groups in total. The fourth-order valence-electron chi connectivity index (χ4n) is 3.47. The van der Waals surface area contributed by atoms with Gasteiger partial charge in [-0.1, -0.05) is 6.07 Å². The zero-order valence-electron chi connectivity index (χ0n) is 13.0. The maximum atomic E-state index is 11.6. The number of carbonyl (C=O) groups is 1. The van der Waals surface area contributed by atoms with Crippen molar-refractivity contribution in [1.82, 2.24) is 25.1 Å². The maximum Gasteiger partial charge on any atom is 0.227 e. The van der Waals surface area contributed by atoms with Gasteiger partial charge >= 0.3 is 0 Å². The van der Waals surface area contributed by atoms with Gasteiger partial charge in [0.25, 0.3) is 0 Å². The van der Waals surface area contributed by atoms with Crippen LogP contribution in [0.4, 0.5) is 0 Å². The Morgan fingerprint density at radius 3 is 3.00 bits per heavy atom. The first-order valence-electron chi connectivity index (χ1n) is 7.98. The Bertz CT molecular complexity index is 715. The van der Waals surface area contributed by atoms with Crippen LogP contribution in [0.15, 0.2) is 24.4 Å². The highest BCUT2D eigenvalue weighted by Crippen LogP contribution is 2.44. The van der Waals surface area contributed by atoms with Crippen molar-refractivity contribution < 1.29 is 9.53 Å². The Labute approximate surface area is 134 Å². The SMILES string of the molecule is CNC(=O)Cc1nc([C@@H]2C[C@@H]3CC[C@H]2O3)n(-c2ccccn2)n1. The van der Waals surface area contributed by atoms with Gasteiger partial charge < -0.3 is 10.1 Å². The van der Waals surface area contributed by atoms with Gasteiger partial charge in [0.15, 0.2) is 11.6 Å². The third kappa shape index (κ3) is 2.61. The number of nitrogens with zero attached hydrogens (tertiary/aromatic N) is 4. The van der Waals surface area contributed by atoms with E-state index in [-0.39, 0.29) is 24.3 Å². The van der Waals surface area contributed by atoms with Gasteiger partial charge in [-0.2, -0.15) is 4.68 Å². The summed E-state index contributed by atoms with van der Waals surface area (Å²) in [5, 5.41) is 7.13. The molecule has 2 aliphatic heterocycles. The highest BCUT2D eigenvalue weighted by Gasteiger charge is 2.44. The molecule has 2 aliphatic rings. The van der Waals surface area contributed by atoms with Crippen molar-refractivity contribution in [2.45, 2.75) is 43.8 Å². The second kappa shape index (κ2) is 5.73. The minimum absolute atomic E-state index is 0.0982. The smallest absolute Gasteiger partial charge is 0.227 e. The summed E-state index contributed by atoms with van der Waals surface area (Å²) in [6.07, 6.45) is 5.61. The van der Waals surface area contributed by atoms with Crippen molar-refractivity contribution in [3.8, 4) is 5.82 Å². The number of rotatable bonds is 4. The number of aromatic nitrogens is 4. The number of hydrogen-bond donors (Lipinski definition) is 1. The molecule has 2 fully saturated rings. The number of pyridine rings is 1. The maximum absolute atomic E-state index is 11.6. The zero-order valence-corrected chi connectivity index (χ0v) is 13.0. The summed E-state index contributed by atoms with van der Waals surface area (Å²) in [5.41, 5.74) is 0. The number of carbonyl (C=O) groups excluding carboxylic acids is 1. The Morgan fingerprint density at radius 2 is 2.35 bits per heavy atom. The molecule has 7 heteroatoms. The molecule has 0 spiro atoms. The number of likely N-dealkylation sites (N-methyl/N-ethyl adjacent to an activating group) is 1. The van der Waals surface area contributed by atoms with Crippen LogP contribution in [0.1, 0.15) is 36.8 Å². The Hall–Kier alpha value is -2.28. The van der Waals surface area contributed by atoms with Gasteiger partial charge in [0.05, 0.1) is 18.6 Å². The third-order valence-electron chi connectivity index (χ3n) is 4.58. The topological polar surface area (TPSA) is 81.9 Å². The second-order valence-corrected chi connectivity index (χ2v) is 6.05. The molecule has 7 nitrogen and oxygen atoms in total. The molecule has 0 radical (unpaired) electrons. The van der Waals surface area contributed by atoms with Crippen LogP contribution >= 0.6 is 0 Å². The molecule has 0 aliphatic carbocycles. The van der Waals surface area contributed by atoms with Crippen molar-refractivity contribution in [3.63, 3.8) is 0 Å². The van der Waals surface area contributed by atoms with Gasteiger partial charge in [-0.15, -0.1) is 5.10 Å². The van der Waals surface area contributed by atoms with Gasteiger partial charge in [-0.25, -0.2) is 9.97 Å². The first-order valence-corrected chi connectivity index (χ1v) is 7.98. The van der Waals surface area contributed by atoms with Gasteiger partial charge in [0.2, 0.25) is 5.91 Å². The quantitative estimate of drug-likeness (QED) is 0.910. The summed E-state index contributed by atoms with van der Waals surface area (Å²) in [6.45, 7) is 0. The molecular formula is C16H19N5O2. The number of ether oxygens (including phenoxy) is 1. The molecule has 2 saturated heterocycles. The molecule has 2 bridgehead atoms. The molecule has 4 heterocycles. The van der Waals surface area contributed by atoms with E-state index in [1.165, 1.54) is 0 Å². The van der Waals surface area contributed by atoms with Gasteiger partial charge in [0.1, 0.15) is 5.82 Å². The largest absolute Gasteiger partial charge is 0.374 e. The summed E-state index contributed by atoms with van der Waals surface area (Å²) >= 11 is 0. The molecule has 120 valence electrons. The van der Waals surface area contributed by atoms with E-state index in [1.807, 2.05) is 18.2 Å². The first-order chi connectivity index (χ1) is 11.2. The molecule has 2 aromatic rings. The molecule has 0 saturated carbocycles. The van der Waals surface area contributed by atoms with Crippen molar-refractivity contribution in [2.24, 2.45) is 0 Å². The van der Waals surface area contributed by atoms with Crippen LogP contribution in [0.3, 0.4) is 0 Å². The second-order valence-electron chi connectivity index (χ2n) is 6.05. The molecule has 2 aromatic heterocycles. The van der Waals surface area contributed by atoms with Crippen molar-refractivity contribution in [3.05, 3.63) is 36.0 Å². The average molecular weight is 313 g/mol. The van der Waals surface area contributed by atoms with Crippen LogP contribution in [0.5, 0.6) is 0 Å². The first kappa shape index (κ1) is 14.3. The lowest BCUT2D eigenvalue weighted by molar-refractivity contribution is -0.120. The van der Waals surface area contributed by atoms with E-state index in [2.05, 4.69) is 20.4 Å². The van der Waals surface area contributed by atoms with Gasteiger partial charge in [0, 0.05) is 19.2 Å². The lowest BCUT2D eigenvalue weighted by atomic mass is 9.88. The standard InChI is InChI=1S/C16H19N5O2/c1-17-15(22)9-13-19-16(11-8-10-5-6-12(11)23-10)21(20-13)14-4-2-3-7-18-14/h2-4,7,10-12H,5-6,8-9H2,1H3,(H,17,22)/t10-,11+,12+/m0/s1. The van der Waals surface area contributed by atoms with E-state index in [4.69, 9.17) is 4.74 Å². The molecule has 23 heavy (non-hydrogen) atoms. The molecular weight excluding hydrogens is 294 g/mol. The minimum atomic E-state index is -0.0982. The Morgan fingerprint density at radius 1 is 1.43 bits per heavy atom. The predicted octanol–water partition coefficient (Wildman–Crippen LogP) is 0.986. The van der Waals surface area contributed by atoms with Crippen LogP contribution in [0, 0.1) is 0 Å². The number of amides is 1. The summed E-state index contributed by atoms with van der Waals surface area (Å²) < 4.78 is 7.73. The van der Waals surface area contributed by atoms with Crippen LogP contribution < -0.4 is 5.32 Å². The summed E-state index contributed by atoms with van der Waals surface area (Å²) in [7, 11) is 1.61.